The third kappa shape index (κ3) is 2.99. The van der Waals surface area contributed by atoms with Crippen LogP contribution < -0.4 is 5.32 Å². The van der Waals surface area contributed by atoms with E-state index in [1.54, 1.807) is 17.4 Å². The Labute approximate surface area is 123 Å². The van der Waals surface area contributed by atoms with Gasteiger partial charge in [-0.25, -0.2) is 0 Å². The molecule has 1 saturated carbocycles. The number of carbonyl (C=O) groups is 1. The Bertz CT molecular complexity index is 597. The Morgan fingerprint density at radius 2 is 2.00 bits per heavy atom. The van der Waals surface area contributed by atoms with E-state index in [0.717, 1.165) is 24.3 Å². The van der Waals surface area contributed by atoms with E-state index in [1.165, 1.54) is 5.56 Å². The van der Waals surface area contributed by atoms with E-state index >= 15 is 0 Å². The molecule has 0 radical (unpaired) electrons. The maximum atomic E-state index is 11.9. The van der Waals surface area contributed by atoms with Gasteiger partial charge in [0, 0.05) is 22.9 Å². The molecule has 1 fully saturated rings. The van der Waals surface area contributed by atoms with Crippen LogP contribution in [0.2, 0.25) is 0 Å². The van der Waals surface area contributed by atoms with Crippen molar-refractivity contribution in [3.63, 3.8) is 0 Å². The molecule has 3 rings (SSSR count). The second-order valence-electron chi connectivity index (χ2n) is 5.21. The number of amides is 1. The van der Waals surface area contributed by atoms with Crippen molar-refractivity contribution in [2.24, 2.45) is 0 Å². The summed E-state index contributed by atoms with van der Waals surface area (Å²) in [6.07, 6.45) is 5.80. The van der Waals surface area contributed by atoms with Gasteiger partial charge in [0.2, 0.25) is 5.91 Å². The Balaban J connectivity index is 1.56. The fourth-order valence-electron chi connectivity index (χ4n) is 2.37. The minimum Gasteiger partial charge on any atom is -0.352 e. The first-order valence-corrected chi connectivity index (χ1v) is 7.71. The summed E-state index contributed by atoms with van der Waals surface area (Å²) >= 11 is 1.63. The van der Waals surface area contributed by atoms with E-state index in [-0.39, 0.29) is 11.3 Å². The molecule has 1 aliphatic carbocycles. The van der Waals surface area contributed by atoms with Gasteiger partial charge in [-0.2, -0.15) is 0 Å². The van der Waals surface area contributed by atoms with Crippen molar-refractivity contribution in [1.29, 1.82) is 0 Å². The van der Waals surface area contributed by atoms with Crippen molar-refractivity contribution in [2.75, 3.05) is 6.54 Å². The molecule has 0 aliphatic heterocycles. The summed E-state index contributed by atoms with van der Waals surface area (Å²) in [4.78, 5) is 13.0. The molecule has 1 heterocycles. The van der Waals surface area contributed by atoms with Crippen LogP contribution in [0, 0.1) is 0 Å². The quantitative estimate of drug-likeness (QED) is 0.834. The molecule has 0 unspecified atom stereocenters. The molecule has 2 nitrogen and oxygen atoms in total. The van der Waals surface area contributed by atoms with E-state index < -0.39 is 0 Å². The van der Waals surface area contributed by atoms with Gasteiger partial charge in [0.15, 0.2) is 0 Å². The second-order valence-corrected chi connectivity index (χ2v) is 6.19. The molecular formula is C17H17NOS. The molecule has 1 aliphatic rings. The summed E-state index contributed by atoms with van der Waals surface area (Å²) in [5.41, 5.74) is 1.51. The van der Waals surface area contributed by atoms with Gasteiger partial charge in [-0.15, -0.1) is 11.3 Å². The summed E-state index contributed by atoms with van der Waals surface area (Å²) in [7, 11) is 0. The second kappa shape index (κ2) is 5.63. The molecule has 1 aromatic heterocycles. The van der Waals surface area contributed by atoms with Gasteiger partial charge in [-0.1, -0.05) is 36.4 Å². The SMILES string of the molecule is O=C(/C=C/c1cccs1)NCC1(c2ccccc2)CC1. The molecule has 0 atom stereocenters. The molecule has 2 aromatic rings. The molecule has 3 heteroatoms. The highest BCUT2D eigenvalue weighted by atomic mass is 32.1. The molecule has 20 heavy (non-hydrogen) atoms. The molecule has 1 aromatic carbocycles. The van der Waals surface area contributed by atoms with Crippen molar-refractivity contribution in [1.82, 2.24) is 5.32 Å². The van der Waals surface area contributed by atoms with E-state index in [9.17, 15) is 4.79 Å². The van der Waals surface area contributed by atoms with Gasteiger partial charge >= 0.3 is 0 Å². The standard InChI is InChI=1S/C17H17NOS/c19-16(9-8-15-7-4-12-20-15)18-13-17(10-11-17)14-5-2-1-3-6-14/h1-9,12H,10-11,13H2,(H,18,19)/b9-8+. The summed E-state index contributed by atoms with van der Waals surface area (Å²) in [5, 5.41) is 5.03. The smallest absolute Gasteiger partial charge is 0.244 e. The maximum Gasteiger partial charge on any atom is 0.244 e. The Kier molecular flexibility index (Phi) is 3.70. The lowest BCUT2D eigenvalue weighted by atomic mass is 9.96. The first-order chi connectivity index (χ1) is 9.78. The lowest BCUT2D eigenvalue weighted by Gasteiger charge is -2.15. The number of thiophene rings is 1. The van der Waals surface area contributed by atoms with Gasteiger partial charge < -0.3 is 5.32 Å². The van der Waals surface area contributed by atoms with E-state index in [1.807, 2.05) is 29.7 Å². The van der Waals surface area contributed by atoms with Crippen LogP contribution in [-0.2, 0) is 10.2 Å². The van der Waals surface area contributed by atoms with Crippen LogP contribution in [0.4, 0.5) is 0 Å². The number of benzene rings is 1. The zero-order valence-corrected chi connectivity index (χ0v) is 12.0. The molecular weight excluding hydrogens is 266 g/mol. The highest BCUT2D eigenvalue weighted by Gasteiger charge is 2.43. The predicted molar refractivity (Wildman–Crippen MR) is 83.7 cm³/mol. The average molecular weight is 283 g/mol. The average Bonchev–Trinajstić information content (AvgIpc) is 3.11. The highest BCUT2D eigenvalue weighted by molar-refractivity contribution is 7.10. The number of carbonyl (C=O) groups excluding carboxylic acids is 1. The highest BCUT2D eigenvalue weighted by Crippen LogP contribution is 2.47. The fourth-order valence-corrected chi connectivity index (χ4v) is 2.99. The molecule has 1 N–H and O–H groups in total. The Hall–Kier alpha value is -1.87. The topological polar surface area (TPSA) is 29.1 Å². The van der Waals surface area contributed by atoms with Crippen molar-refractivity contribution >= 4 is 23.3 Å². The molecule has 1 amide bonds. The minimum absolute atomic E-state index is 0.0133. The third-order valence-corrected chi connectivity index (χ3v) is 4.62. The summed E-state index contributed by atoms with van der Waals surface area (Å²) < 4.78 is 0. The fraction of sp³-hybridized carbons (Fsp3) is 0.235. The zero-order valence-electron chi connectivity index (χ0n) is 11.2. The van der Waals surface area contributed by atoms with Crippen LogP contribution in [0.5, 0.6) is 0 Å². The van der Waals surface area contributed by atoms with Gasteiger partial charge in [-0.3, -0.25) is 4.79 Å². The van der Waals surface area contributed by atoms with E-state index in [4.69, 9.17) is 0 Å². The monoisotopic (exact) mass is 283 g/mol. The van der Waals surface area contributed by atoms with Crippen LogP contribution >= 0.6 is 11.3 Å². The molecule has 0 spiro atoms. The molecule has 102 valence electrons. The first kappa shape index (κ1) is 13.1. The van der Waals surface area contributed by atoms with Crippen molar-refractivity contribution in [2.45, 2.75) is 18.3 Å². The van der Waals surface area contributed by atoms with E-state index in [0.29, 0.717) is 0 Å². The number of hydrogen-bond acceptors (Lipinski definition) is 2. The van der Waals surface area contributed by atoms with Crippen molar-refractivity contribution in [3.8, 4) is 0 Å². The zero-order chi connectivity index (χ0) is 13.8. The Morgan fingerprint density at radius 1 is 1.20 bits per heavy atom. The van der Waals surface area contributed by atoms with Crippen molar-refractivity contribution < 1.29 is 4.79 Å². The van der Waals surface area contributed by atoms with Crippen LogP contribution in [-0.4, -0.2) is 12.5 Å². The predicted octanol–water partition coefficient (Wildman–Crippen LogP) is 3.61. The van der Waals surface area contributed by atoms with Crippen LogP contribution in [0.3, 0.4) is 0 Å². The van der Waals surface area contributed by atoms with Gasteiger partial charge in [0.25, 0.3) is 0 Å². The first-order valence-electron chi connectivity index (χ1n) is 6.83. The third-order valence-electron chi connectivity index (χ3n) is 3.78. The van der Waals surface area contributed by atoms with Crippen LogP contribution in [0.15, 0.2) is 53.9 Å². The molecule has 0 saturated heterocycles. The Morgan fingerprint density at radius 3 is 2.65 bits per heavy atom. The minimum atomic E-state index is -0.0133. The normalized spacial score (nSPS) is 16.2. The van der Waals surface area contributed by atoms with Gasteiger partial charge in [0.05, 0.1) is 0 Å². The summed E-state index contributed by atoms with van der Waals surface area (Å²) in [5.74, 6) is -0.0133. The number of rotatable bonds is 5. The number of nitrogens with one attached hydrogen (secondary N) is 1. The van der Waals surface area contributed by atoms with Gasteiger partial charge in [0.1, 0.15) is 0 Å². The van der Waals surface area contributed by atoms with E-state index in [2.05, 4.69) is 29.6 Å². The van der Waals surface area contributed by atoms with Crippen LogP contribution in [0.1, 0.15) is 23.3 Å². The van der Waals surface area contributed by atoms with Crippen molar-refractivity contribution in [3.05, 3.63) is 64.4 Å². The summed E-state index contributed by atoms with van der Waals surface area (Å²) in [6.45, 7) is 0.727. The van der Waals surface area contributed by atoms with Crippen LogP contribution in [0.25, 0.3) is 6.08 Å². The maximum absolute atomic E-state index is 11.9. The largest absolute Gasteiger partial charge is 0.352 e. The number of hydrogen-bond donors (Lipinski definition) is 1. The molecule has 0 bridgehead atoms. The van der Waals surface area contributed by atoms with Gasteiger partial charge in [-0.05, 0) is 35.9 Å². The lowest BCUT2D eigenvalue weighted by molar-refractivity contribution is -0.116. The summed E-state index contributed by atoms with van der Waals surface area (Å²) in [6, 6.07) is 14.4. The lowest BCUT2D eigenvalue weighted by Crippen LogP contribution is -2.30.